The number of phenols is 1. The van der Waals surface area contributed by atoms with E-state index >= 15 is 0 Å². The number of nitrogens with one attached hydrogen (secondary N) is 1. The molecule has 22 heavy (non-hydrogen) atoms. The zero-order valence-electron chi connectivity index (χ0n) is 13.7. The highest BCUT2D eigenvalue weighted by atomic mass is 16.6. The average molecular weight is 303 g/mol. The van der Waals surface area contributed by atoms with E-state index in [1.165, 1.54) is 6.42 Å². The lowest BCUT2D eigenvalue weighted by Gasteiger charge is -2.43. The lowest BCUT2D eigenvalue weighted by molar-refractivity contribution is 0.0319. The van der Waals surface area contributed by atoms with Crippen LogP contribution in [0.25, 0.3) is 5.70 Å². The zero-order chi connectivity index (χ0) is 15.7. The summed E-state index contributed by atoms with van der Waals surface area (Å²) in [5.41, 5.74) is 6.62. The van der Waals surface area contributed by atoms with Crippen molar-refractivity contribution in [3.63, 3.8) is 0 Å². The van der Waals surface area contributed by atoms with Crippen molar-refractivity contribution in [2.24, 2.45) is 0 Å². The minimum Gasteiger partial charge on any atom is -0.507 e. The van der Waals surface area contributed by atoms with Crippen molar-refractivity contribution in [2.75, 3.05) is 6.61 Å². The van der Waals surface area contributed by atoms with Crippen molar-refractivity contribution in [2.45, 2.75) is 58.5 Å². The summed E-state index contributed by atoms with van der Waals surface area (Å²) < 4.78 is 6.32. The molecular weight excluding hydrogens is 278 g/mol. The van der Waals surface area contributed by atoms with E-state index in [4.69, 9.17) is 9.57 Å². The lowest BCUT2D eigenvalue weighted by atomic mass is 9.77. The number of phenolic OH excluding ortho intramolecular Hbond substituents is 1. The highest BCUT2D eigenvalue weighted by molar-refractivity contribution is 5.77. The van der Waals surface area contributed by atoms with Crippen LogP contribution in [0.1, 0.15) is 56.7 Å². The fourth-order valence-corrected chi connectivity index (χ4v) is 3.33. The second-order valence-electron chi connectivity index (χ2n) is 6.06. The molecule has 0 amide bonds. The lowest BCUT2D eigenvalue weighted by Crippen LogP contribution is -2.44. The summed E-state index contributed by atoms with van der Waals surface area (Å²) in [5, 5.41) is 10.5. The summed E-state index contributed by atoms with van der Waals surface area (Å²) in [5.74, 6) is 1.26. The average Bonchev–Trinajstić information content (AvgIpc) is 2.50. The van der Waals surface area contributed by atoms with E-state index in [1.807, 2.05) is 13.0 Å². The van der Waals surface area contributed by atoms with Crippen LogP contribution in [0.3, 0.4) is 0 Å². The number of hydrogen-bond acceptors (Lipinski definition) is 4. The predicted octanol–water partition coefficient (Wildman–Crippen LogP) is 3.71. The van der Waals surface area contributed by atoms with Crippen LogP contribution in [-0.2, 0) is 17.7 Å². The Morgan fingerprint density at radius 2 is 2.05 bits per heavy atom. The van der Waals surface area contributed by atoms with Crippen molar-refractivity contribution in [1.82, 2.24) is 5.48 Å². The first-order valence-corrected chi connectivity index (χ1v) is 8.31. The number of fused-ring (bicyclic) bond motifs is 1. The number of rotatable bonds is 5. The van der Waals surface area contributed by atoms with Gasteiger partial charge in [0.05, 0.1) is 12.3 Å². The first kappa shape index (κ1) is 15.2. The molecule has 1 saturated carbocycles. The smallest absolute Gasteiger partial charge is 0.130 e. The van der Waals surface area contributed by atoms with E-state index in [2.05, 4.69) is 25.4 Å². The maximum atomic E-state index is 10.5. The number of hydrogen-bond donors (Lipinski definition) is 2. The molecule has 1 aliphatic carbocycles. The molecular formula is C18H25NO3. The van der Waals surface area contributed by atoms with Gasteiger partial charge in [-0.2, -0.15) is 0 Å². The summed E-state index contributed by atoms with van der Waals surface area (Å²) in [4.78, 5) is 5.43. The van der Waals surface area contributed by atoms with Gasteiger partial charge in [0.2, 0.25) is 0 Å². The van der Waals surface area contributed by atoms with Crippen molar-refractivity contribution in [3.05, 3.63) is 28.8 Å². The minimum atomic E-state index is -0.195. The molecule has 1 aliphatic heterocycles. The largest absolute Gasteiger partial charge is 0.507 e. The molecule has 0 atom stereocenters. The van der Waals surface area contributed by atoms with Crippen molar-refractivity contribution >= 4 is 5.70 Å². The Hall–Kier alpha value is -1.68. The van der Waals surface area contributed by atoms with Crippen molar-refractivity contribution < 1.29 is 14.7 Å². The third-order valence-corrected chi connectivity index (χ3v) is 4.69. The van der Waals surface area contributed by atoms with Gasteiger partial charge >= 0.3 is 0 Å². The van der Waals surface area contributed by atoms with Gasteiger partial charge in [-0.05, 0) is 56.7 Å². The molecule has 0 saturated heterocycles. The Morgan fingerprint density at radius 1 is 1.27 bits per heavy atom. The number of hydroxylamine groups is 1. The van der Waals surface area contributed by atoms with E-state index in [0.717, 1.165) is 53.8 Å². The monoisotopic (exact) mass is 303 g/mol. The third-order valence-electron chi connectivity index (χ3n) is 4.69. The molecule has 4 heteroatoms. The fraction of sp³-hybridized carbons (Fsp3) is 0.556. The minimum absolute atomic E-state index is 0.195. The quantitative estimate of drug-likeness (QED) is 0.814. The van der Waals surface area contributed by atoms with Crippen LogP contribution < -0.4 is 10.2 Å². The number of aryl methyl sites for hydroxylation is 1. The van der Waals surface area contributed by atoms with Gasteiger partial charge in [0.15, 0.2) is 0 Å². The molecule has 0 aromatic heterocycles. The van der Waals surface area contributed by atoms with Crippen LogP contribution in [-0.4, -0.2) is 17.3 Å². The molecule has 0 bridgehead atoms. The topological polar surface area (TPSA) is 50.7 Å². The maximum Gasteiger partial charge on any atom is 0.130 e. The van der Waals surface area contributed by atoms with Gasteiger partial charge in [-0.3, -0.25) is 10.3 Å². The van der Waals surface area contributed by atoms with Crippen LogP contribution in [0.5, 0.6) is 11.5 Å². The number of ether oxygens (including phenoxy) is 1. The van der Waals surface area contributed by atoms with E-state index in [1.54, 1.807) is 0 Å². The highest BCUT2D eigenvalue weighted by Crippen LogP contribution is 2.48. The highest BCUT2D eigenvalue weighted by Gasteiger charge is 2.42. The van der Waals surface area contributed by atoms with Crippen molar-refractivity contribution in [3.8, 4) is 11.5 Å². The molecule has 1 heterocycles. The zero-order valence-corrected chi connectivity index (χ0v) is 13.7. The fourth-order valence-electron chi connectivity index (χ4n) is 3.33. The summed E-state index contributed by atoms with van der Waals surface area (Å²) in [6.07, 6.45) is 6.94. The van der Waals surface area contributed by atoms with Crippen LogP contribution in [0.15, 0.2) is 12.1 Å². The van der Waals surface area contributed by atoms with Gasteiger partial charge in [0, 0.05) is 11.1 Å². The van der Waals surface area contributed by atoms with E-state index < -0.39 is 0 Å². The molecule has 2 N–H and O–H groups in total. The van der Waals surface area contributed by atoms with E-state index in [9.17, 15) is 5.11 Å². The molecule has 2 aliphatic rings. The Bertz CT molecular complexity index is 603. The molecule has 120 valence electrons. The first-order chi connectivity index (χ1) is 10.6. The van der Waals surface area contributed by atoms with Crippen LogP contribution in [0.4, 0.5) is 0 Å². The summed E-state index contributed by atoms with van der Waals surface area (Å²) in [6, 6.07) is 1.99. The predicted molar refractivity (Wildman–Crippen MR) is 86.8 cm³/mol. The van der Waals surface area contributed by atoms with Crippen LogP contribution >= 0.6 is 0 Å². The SMILES string of the molecule is CCONC1=CC2(CCC2)Oc2cc(CC)c(O)c(CC)c21. The molecule has 1 aromatic carbocycles. The van der Waals surface area contributed by atoms with Gasteiger partial charge in [0.25, 0.3) is 0 Å². The second kappa shape index (κ2) is 5.84. The van der Waals surface area contributed by atoms with Gasteiger partial charge in [-0.15, -0.1) is 0 Å². The maximum absolute atomic E-state index is 10.5. The van der Waals surface area contributed by atoms with Gasteiger partial charge in [-0.25, -0.2) is 0 Å². The Kier molecular flexibility index (Phi) is 4.04. The van der Waals surface area contributed by atoms with Gasteiger partial charge < -0.3 is 9.84 Å². The molecule has 0 radical (unpaired) electrons. The van der Waals surface area contributed by atoms with Crippen LogP contribution in [0, 0.1) is 0 Å². The van der Waals surface area contributed by atoms with Crippen molar-refractivity contribution in [1.29, 1.82) is 0 Å². The molecule has 3 rings (SSSR count). The number of aromatic hydroxyl groups is 1. The summed E-state index contributed by atoms with van der Waals surface area (Å²) >= 11 is 0. The normalized spacial score (nSPS) is 18.2. The standard InChI is InChI=1S/C18H25NO3/c1-4-12-10-15-16(13(5-2)17(12)20)14(19-21-6-3)11-18(22-15)8-7-9-18/h10-11,19-20H,4-9H2,1-3H3. The molecule has 4 nitrogen and oxygen atoms in total. The van der Waals surface area contributed by atoms with Crippen LogP contribution in [0.2, 0.25) is 0 Å². The number of benzene rings is 1. The molecule has 1 aromatic rings. The van der Waals surface area contributed by atoms with Gasteiger partial charge in [-0.1, -0.05) is 13.8 Å². The Labute approximate surface area is 132 Å². The summed E-state index contributed by atoms with van der Waals surface area (Å²) in [7, 11) is 0. The summed E-state index contributed by atoms with van der Waals surface area (Å²) in [6.45, 7) is 6.64. The molecule has 0 unspecified atom stereocenters. The Morgan fingerprint density at radius 3 is 2.59 bits per heavy atom. The van der Waals surface area contributed by atoms with E-state index in [0.29, 0.717) is 12.4 Å². The molecule has 1 fully saturated rings. The third kappa shape index (κ3) is 2.35. The van der Waals surface area contributed by atoms with E-state index in [-0.39, 0.29) is 5.60 Å². The molecule has 1 spiro atoms. The first-order valence-electron chi connectivity index (χ1n) is 8.31. The Balaban J connectivity index is 2.13. The van der Waals surface area contributed by atoms with Gasteiger partial charge in [0.1, 0.15) is 17.1 Å². The second-order valence-corrected chi connectivity index (χ2v) is 6.06.